The number of benzene rings is 2. The molecule has 1 unspecified atom stereocenters. The Hall–Kier alpha value is -3.29. The van der Waals surface area contributed by atoms with Gasteiger partial charge in [0, 0.05) is 17.2 Å². The molecule has 3 rings (SSSR count). The van der Waals surface area contributed by atoms with Crippen LogP contribution in [0.5, 0.6) is 17.2 Å². The van der Waals surface area contributed by atoms with Gasteiger partial charge in [-0.2, -0.15) is 13.2 Å². The van der Waals surface area contributed by atoms with Gasteiger partial charge in [0.2, 0.25) is 11.6 Å². The Kier molecular flexibility index (Phi) is 5.13. The minimum atomic E-state index is -4.55. The molecule has 1 heterocycles. The molecule has 8 heteroatoms. The van der Waals surface area contributed by atoms with E-state index in [0.29, 0.717) is 0 Å². The molecule has 0 amide bonds. The Morgan fingerprint density at radius 1 is 1.10 bits per heavy atom. The summed E-state index contributed by atoms with van der Waals surface area (Å²) in [7, 11) is 0. The van der Waals surface area contributed by atoms with Crippen molar-refractivity contribution in [2.75, 3.05) is 0 Å². The fourth-order valence-electron chi connectivity index (χ4n) is 3.01. The van der Waals surface area contributed by atoms with E-state index in [-0.39, 0.29) is 34.6 Å². The number of hydrogen-bond acceptors (Lipinski definition) is 5. The molecule has 152 valence electrons. The number of rotatable bonds is 3. The summed E-state index contributed by atoms with van der Waals surface area (Å²) >= 11 is 0. The maximum atomic E-state index is 12.8. The van der Waals surface area contributed by atoms with Crippen molar-refractivity contribution in [3.05, 3.63) is 64.2 Å². The highest BCUT2D eigenvalue weighted by atomic mass is 19.4. The molecule has 0 bridgehead atoms. The molecule has 1 aliphatic rings. The summed E-state index contributed by atoms with van der Waals surface area (Å²) in [5, 5.41) is 20.3. The van der Waals surface area contributed by atoms with E-state index < -0.39 is 35.2 Å². The van der Waals surface area contributed by atoms with Crippen LogP contribution in [0.15, 0.2) is 42.0 Å². The molecule has 2 N–H and O–H groups in total. The average Bonchev–Trinajstić information content (AvgIpc) is 2.63. The second-order valence-corrected chi connectivity index (χ2v) is 6.89. The summed E-state index contributed by atoms with van der Waals surface area (Å²) in [6.45, 7) is 3.65. The van der Waals surface area contributed by atoms with E-state index in [1.165, 1.54) is 0 Å². The topological polar surface area (TPSA) is 83.8 Å². The fraction of sp³-hybridized carbons (Fsp3) is 0.238. The highest BCUT2D eigenvalue weighted by molar-refractivity contribution is 6.47. The minimum absolute atomic E-state index is 0.0537. The second-order valence-electron chi connectivity index (χ2n) is 6.89. The summed E-state index contributed by atoms with van der Waals surface area (Å²) in [6, 6.07) is 4.65. The first kappa shape index (κ1) is 20.4. The molecule has 0 saturated heterocycles. The Balaban J connectivity index is 2.09. The molecular formula is C21H17F3O5. The van der Waals surface area contributed by atoms with Crippen LogP contribution >= 0.6 is 0 Å². The van der Waals surface area contributed by atoms with Gasteiger partial charge < -0.3 is 14.9 Å². The SMILES string of the molecule is CC(C)=CCc1c(O)cc(O)c2c1OC(c1ccc(C(F)(F)F)cc1)C(=O)C2=O. The van der Waals surface area contributed by atoms with Crippen molar-refractivity contribution in [2.45, 2.75) is 32.5 Å². The van der Waals surface area contributed by atoms with Crippen molar-refractivity contribution in [1.29, 1.82) is 0 Å². The van der Waals surface area contributed by atoms with Crippen LogP contribution in [0.4, 0.5) is 13.2 Å². The monoisotopic (exact) mass is 406 g/mol. The van der Waals surface area contributed by atoms with Gasteiger partial charge in [-0.05, 0) is 32.4 Å². The van der Waals surface area contributed by atoms with Gasteiger partial charge in [-0.25, -0.2) is 0 Å². The van der Waals surface area contributed by atoms with Crippen molar-refractivity contribution >= 4 is 11.6 Å². The van der Waals surface area contributed by atoms with E-state index in [0.717, 1.165) is 35.9 Å². The number of hydrogen-bond donors (Lipinski definition) is 2. The van der Waals surface area contributed by atoms with E-state index in [9.17, 15) is 33.0 Å². The lowest BCUT2D eigenvalue weighted by Gasteiger charge is -2.27. The number of fused-ring (bicyclic) bond motifs is 1. The quantitative estimate of drug-likeness (QED) is 0.579. The van der Waals surface area contributed by atoms with Gasteiger partial charge >= 0.3 is 6.18 Å². The number of ketones is 2. The number of allylic oxidation sites excluding steroid dienone is 2. The van der Waals surface area contributed by atoms with Gasteiger partial charge in [0.1, 0.15) is 22.8 Å². The third-order valence-corrected chi connectivity index (χ3v) is 4.52. The van der Waals surface area contributed by atoms with Gasteiger partial charge in [0.05, 0.1) is 5.56 Å². The number of carbonyl (C=O) groups excluding carboxylic acids is 2. The number of phenols is 2. The molecule has 29 heavy (non-hydrogen) atoms. The van der Waals surface area contributed by atoms with Gasteiger partial charge in [-0.15, -0.1) is 0 Å². The standard InChI is InChI=1S/C21H17F3O5/c1-10(2)3-8-13-14(25)9-15(26)16-17(27)18(28)19(29-20(13)16)11-4-6-12(7-5-11)21(22,23)24/h3-7,9,19,25-26H,8H2,1-2H3. The summed E-state index contributed by atoms with van der Waals surface area (Å²) in [5.74, 6) is -3.15. The van der Waals surface area contributed by atoms with E-state index in [1.807, 2.05) is 13.8 Å². The Bertz CT molecular complexity index is 1020. The van der Waals surface area contributed by atoms with Crippen molar-refractivity contribution in [3.63, 3.8) is 0 Å². The summed E-state index contributed by atoms with van der Waals surface area (Å²) < 4.78 is 44.0. The number of aromatic hydroxyl groups is 2. The Labute approximate surface area is 164 Å². The summed E-state index contributed by atoms with van der Waals surface area (Å²) in [6.07, 6.45) is -4.11. The maximum Gasteiger partial charge on any atom is 0.416 e. The largest absolute Gasteiger partial charge is 0.507 e. The van der Waals surface area contributed by atoms with Crippen LogP contribution in [0, 0.1) is 0 Å². The molecule has 0 fully saturated rings. The van der Waals surface area contributed by atoms with Crippen molar-refractivity contribution in [1.82, 2.24) is 0 Å². The molecule has 5 nitrogen and oxygen atoms in total. The van der Waals surface area contributed by atoms with Crippen LogP contribution in [0.3, 0.4) is 0 Å². The van der Waals surface area contributed by atoms with Crippen LogP contribution in [-0.4, -0.2) is 21.8 Å². The third-order valence-electron chi connectivity index (χ3n) is 4.52. The van der Waals surface area contributed by atoms with E-state index in [2.05, 4.69) is 0 Å². The molecule has 0 aliphatic carbocycles. The fourth-order valence-corrected chi connectivity index (χ4v) is 3.01. The normalized spacial score (nSPS) is 16.2. The number of alkyl halides is 3. The molecule has 0 aromatic heterocycles. The predicted molar refractivity (Wildman–Crippen MR) is 97.1 cm³/mol. The van der Waals surface area contributed by atoms with Crippen LogP contribution in [0.25, 0.3) is 0 Å². The maximum absolute atomic E-state index is 12.8. The van der Waals surface area contributed by atoms with Crippen LogP contribution < -0.4 is 4.74 Å². The van der Waals surface area contributed by atoms with E-state index >= 15 is 0 Å². The molecule has 0 spiro atoms. The van der Waals surface area contributed by atoms with Gasteiger partial charge in [-0.1, -0.05) is 23.8 Å². The first-order valence-electron chi connectivity index (χ1n) is 8.64. The lowest BCUT2D eigenvalue weighted by molar-refractivity contribution is -0.137. The highest BCUT2D eigenvalue weighted by Crippen LogP contribution is 2.44. The molecule has 1 aliphatic heterocycles. The number of carbonyl (C=O) groups is 2. The molecule has 2 aromatic carbocycles. The Morgan fingerprint density at radius 3 is 2.28 bits per heavy atom. The second kappa shape index (κ2) is 7.27. The van der Waals surface area contributed by atoms with Crippen molar-refractivity contribution < 1.29 is 37.7 Å². The smallest absolute Gasteiger partial charge is 0.416 e. The lowest BCUT2D eigenvalue weighted by atomic mass is 9.91. The average molecular weight is 406 g/mol. The van der Waals surface area contributed by atoms with Crippen LogP contribution in [-0.2, 0) is 17.4 Å². The Morgan fingerprint density at radius 2 is 1.72 bits per heavy atom. The van der Waals surface area contributed by atoms with Gasteiger partial charge in [-0.3, -0.25) is 9.59 Å². The van der Waals surface area contributed by atoms with E-state index in [4.69, 9.17) is 4.74 Å². The van der Waals surface area contributed by atoms with Gasteiger partial charge in [0.25, 0.3) is 0 Å². The van der Waals surface area contributed by atoms with Gasteiger partial charge in [0.15, 0.2) is 6.10 Å². The molecule has 1 atom stereocenters. The molecule has 2 aromatic rings. The predicted octanol–water partition coefficient (Wildman–Crippen LogP) is 4.51. The zero-order valence-corrected chi connectivity index (χ0v) is 15.5. The molecular weight excluding hydrogens is 389 g/mol. The molecule has 0 saturated carbocycles. The number of phenolic OH excluding ortho intramolecular Hbond substituents is 2. The van der Waals surface area contributed by atoms with Crippen LogP contribution in [0.2, 0.25) is 0 Å². The first-order chi connectivity index (χ1) is 13.5. The zero-order valence-electron chi connectivity index (χ0n) is 15.5. The molecule has 0 radical (unpaired) electrons. The minimum Gasteiger partial charge on any atom is -0.507 e. The van der Waals surface area contributed by atoms with Crippen molar-refractivity contribution in [3.8, 4) is 17.2 Å². The highest BCUT2D eigenvalue weighted by Gasteiger charge is 2.41. The lowest BCUT2D eigenvalue weighted by Crippen LogP contribution is -2.32. The number of Topliss-reactive ketones (excluding diaryl/α,β-unsaturated/α-hetero) is 2. The third kappa shape index (κ3) is 3.83. The zero-order chi connectivity index (χ0) is 21.5. The summed E-state index contributed by atoms with van der Waals surface area (Å²) in [4.78, 5) is 25.1. The van der Waals surface area contributed by atoms with Crippen LogP contribution in [0.1, 0.15) is 47.0 Å². The summed E-state index contributed by atoms with van der Waals surface area (Å²) in [5.41, 5.74) is -0.109. The number of halogens is 3. The van der Waals surface area contributed by atoms with E-state index in [1.54, 1.807) is 6.08 Å². The number of ether oxygens (including phenoxy) is 1. The first-order valence-corrected chi connectivity index (χ1v) is 8.64. The van der Waals surface area contributed by atoms with Crippen molar-refractivity contribution in [2.24, 2.45) is 0 Å².